The van der Waals surface area contributed by atoms with Crippen LogP contribution in [0.25, 0.3) is 0 Å². The lowest BCUT2D eigenvalue weighted by atomic mass is 9.96. The predicted octanol–water partition coefficient (Wildman–Crippen LogP) is 3.10. The van der Waals surface area contributed by atoms with Gasteiger partial charge < -0.3 is 5.32 Å². The predicted molar refractivity (Wildman–Crippen MR) is 75.5 cm³/mol. The number of piperidine rings is 1. The third kappa shape index (κ3) is 2.67. The van der Waals surface area contributed by atoms with Crippen molar-refractivity contribution >= 4 is 0 Å². The van der Waals surface area contributed by atoms with Crippen LogP contribution in [0, 0.1) is 5.82 Å². The first-order valence-electron chi connectivity index (χ1n) is 7.37. The van der Waals surface area contributed by atoms with Crippen molar-refractivity contribution in [1.29, 1.82) is 0 Å². The first-order valence-corrected chi connectivity index (χ1v) is 7.37. The van der Waals surface area contributed by atoms with E-state index in [1.807, 2.05) is 12.1 Å². The number of nitrogens with one attached hydrogen (secondary N) is 1. The summed E-state index contributed by atoms with van der Waals surface area (Å²) in [7, 11) is 2.21. The normalized spacial score (nSPS) is 31.7. The van der Waals surface area contributed by atoms with E-state index in [9.17, 15) is 4.39 Å². The summed E-state index contributed by atoms with van der Waals surface area (Å²) in [6.07, 6.45) is 5.16. The molecule has 0 aliphatic carbocycles. The molecule has 1 N–H and O–H groups in total. The summed E-state index contributed by atoms with van der Waals surface area (Å²) in [4.78, 5) is 2.47. The maximum atomic E-state index is 13.0. The number of hydrogen-bond acceptors (Lipinski definition) is 2. The average molecular weight is 262 g/mol. The Balaban J connectivity index is 1.69. The monoisotopic (exact) mass is 262 g/mol. The van der Waals surface area contributed by atoms with E-state index in [1.165, 1.54) is 31.2 Å². The van der Waals surface area contributed by atoms with Gasteiger partial charge in [0.25, 0.3) is 0 Å². The van der Waals surface area contributed by atoms with Crippen LogP contribution in [-0.4, -0.2) is 30.1 Å². The van der Waals surface area contributed by atoms with Crippen LogP contribution in [0.2, 0.25) is 0 Å². The molecule has 2 fully saturated rings. The van der Waals surface area contributed by atoms with Crippen molar-refractivity contribution in [3.8, 4) is 0 Å². The van der Waals surface area contributed by atoms with E-state index in [2.05, 4.69) is 24.2 Å². The van der Waals surface area contributed by atoms with Crippen molar-refractivity contribution < 1.29 is 4.39 Å². The van der Waals surface area contributed by atoms with Gasteiger partial charge in [-0.2, -0.15) is 0 Å². The molecule has 3 rings (SSSR count). The summed E-state index contributed by atoms with van der Waals surface area (Å²) in [5.41, 5.74) is 1.20. The van der Waals surface area contributed by atoms with Crippen LogP contribution >= 0.6 is 0 Å². The lowest BCUT2D eigenvalue weighted by molar-refractivity contribution is 0.132. The Kier molecular flexibility index (Phi) is 3.59. The summed E-state index contributed by atoms with van der Waals surface area (Å²) in [5.74, 6) is -0.154. The number of rotatable bonds is 3. The molecular formula is C16H23FN2. The summed E-state index contributed by atoms with van der Waals surface area (Å²) in [6, 6.07) is 9.37. The standard InChI is InChI=1S/C16H23FN2/c1-11(12-3-5-13(17)6-4-12)19(2)16-9-14-7-8-15(10-16)18-14/h3-6,11,14-16,18H,7-10H2,1-2H3. The molecule has 0 aromatic heterocycles. The molecule has 19 heavy (non-hydrogen) atoms. The molecule has 2 aliphatic rings. The Morgan fingerprint density at radius 2 is 1.74 bits per heavy atom. The molecular weight excluding hydrogens is 239 g/mol. The van der Waals surface area contributed by atoms with Crippen molar-refractivity contribution in [2.24, 2.45) is 0 Å². The minimum atomic E-state index is -0.154. The van der Waals surface area contributed by atoms with E-state index in [-0.39, 0.29) is 5.82 Å². The lowest BCUT2D eigenvalue weighted by Crippen LogP contribution is -2.47. The summed E-state index contributed by atoms with van der Waals surface area (Å²) < 4.78 is 13.0. The van der Waals surface area contributed by atoms with Crippen LogP contribution in [0.15, 0.2) is 24.3 Å². The van der Waals surface area contributed by atoms with Gasteiger partial charge >= 0.3 is 0 Å². The van der Waals surface area contributed by atoms with Crippen molar-refractivity contribution in [3.63, 3.8) is 0 Å². The second-order valence-corrected chi connectivity index (χ2v) is 6.16. The van der Waals surface area contributed by atoms with Crippen molar-refractivity contribution in [1.82, 2.24) is 10.2 Å². The van der Waals surface area contributed by atoms with Crippen LogP contribution < -0.4 is 5.32 Å². The van der Waals surface area contributed by atoms with Crippen molar-refractivity contribution in [2.45, 2.75) is 56.8 Å². The first kappa shape index (κ1) is 13.1. The zero-order valence-electron chi connectivity index (χ0n) is 11.8. The number of fused-ring (bicyclic) bond motifs is 2. The third-order valence-corrected chi connectivity index (χ3v) is 4.99. The zero-order chi connectivity index (χ0) is 13.4. The van der Waals surface area contributed by atoms with E-state index >= 15 is 0 Å². The number of nitrogens with zero attached hydrogens (tertiary/aromatic N) is 1. The highest BCUT2D eigenvalue weighted by Crippen LogP contribution is 2.32. The number of hydrogen-bond donors (Lipinski definition) is 1. The van der Waals surface area contributed by atoms with E-state index < -0.39 is 0 Å². The Bertz CT molecular complexity index is 419. The smallest absolute Gasteiger partial charge is 0.123 e. The summed E-state index contributed by atoms with van der Waals surface area (Å²) in [5, 5.41) is 3.69. The lowest BCUT2D eigenvalue weighted by Gasteiger charge is -2.39. The Labute approximate surface area is 115 Å². The minimum absolute atomic E-state index is 0.154. The summed E-state index contributed by atoms with van der Waals surface area (Å²) >= 11 is 0. The van der Waals surface area contributed by atoms with Crippen molar-refractivity contribution in [2.75, 3.05) is 7.05 Å². The van der Waals surface area contributed by atoms with E-state index in [0.717, 1.165) is 0 Å². The Morgan fingerprint density at radius 1 is 1.16 bits per heavy atom. The van der Waals surface area contributed by atoms with Crippen LogP contribution in [0.1, 0.15) is 44.2 Å². The van der Waals surface area contributed by atoms with Gasteiger partial charge in [0.2, 0.25) is 0 Å². The molecule has 2 aliphatic heterocycles. The van der Waals surface area contributed by atoms with Gasteiger partial charge in [-0.3, -0.25) is 4.90 Å². The second kappa shape index (κ2) is 5.22. The van der Waals surface area contributed by atoms with Gasteiger partial charge in [-0.05, 0) is 57.4 Å². The molecule has 3 heteroatoms. The summed E-state index contributed by atoms with van der Waals surface area (Å²) in [6.45, 7) is 2.22. The maximum Gasteiger partial charge on any atom is 0.123 e. The van der Waals surface area contributed by atoms with Crippen molar-refractivity contribution in [3.05, 3.63) is 35.6 Å². The molecule has 2 bridgehead atoms. The highest BCUT2D eigenvalue weighted by Gasteiger charge is 2.36. The van der Waals surface area contributed by atoms with Gasteiger partial charge in [0, 0.05) is 24.2 Å². The molecule has 0 saturated carbocycles. The van der Waals surface area contributed by atoms with Gasteiger partial charge in [0.05, 0.1) is 0 Å². The number of halogens is 1. The van der Waals surface area contributed by atoms with Crippen LogP contribution in [0.4, 0.5) is 4.39 Å². The van der Waals surface area contributed by atoms with E-state index in [4.69, 9.17) is 0 Å². The molecule has 2 heterocycles. The van der Waals surface area contributed by atoms with E-state index in [1.54, 1.807) is 12.1 Å². The Hall–Kier alpha value is -0.930. The average Bonchev–Trinajstić information content (AvgIpc) is 2.76. The highest BCUT2D eigenvalue weighted by molar-refractivity contribution is 5.19. The topological polar surface area (TPSA) is 15.3 Å². The molecule has 0 amide bonds. The molecule has 2 saturated heterocycles. The quantitative estimate of drug-likeness (QED) is 0.900. The molecule has 1 aromatic rings. The van der Waals surface area contributed by atoms with Crippen LogP contribution in [0.3, 0.4) is 0 Å². The fourth-order valence-electron chi connectivity index (χ4n) is 3.65. The molecule has 0 radical (unpaired) electrons. The van der Waals surface area contributed by atoms with Gasteiger partial charge in [0.1, 0.15) is 5.82 Å². The van der Waals surface area contributed by atoms with Crippen LogP contribution in [-0.2, 0) is 0 Å². The van der Waals surface area contributed by atoms with Gasteiger partial charge in [-0.25, -0.2) is 4.39 Å². The fourth-order valence-corrected chi connectivity index (χ4v) is 3.65. The Morgan fingerprint density at radius 3 is 2.32 bits per heavy atom. The molecule has 3 atom stereocenters. The zero-order valence-corrected chi connectivity index (χ0v) is 11.8. The molecule has 104 valence electrons. The van der Waals surface area contributed by atoms with Gasteiger partial charge in [-0.1, -0.05) is 12.1 Å². The SMILES string of the molecule is CC(c1ccc(F)cc1)N(C)C1CC2CCC(C1)N2. The fraction of sp³-hybridized carbons (Fsp3) is 0.625. The maximum absolute atomic E-state index is 13.0. The van der Waals surface area contributed by atoms with E-state index in [0.29, 0.717) is 24.2 Å². The first-order chi connectivity index (χ1) is 9.13. The highest BCUT2D eigenvalue weighted by atomic mass is 19.1. The molecule has 2 nitrogen and oxygen atoms in total. The molecule has 1 aromatic carbocycles. The third-order valence-electron chi connectivity index (χ3n) is 4.99. The van der Waals surface area contributed by atoms with Gasteiger partial charge in [0.15, 0.2) is 0 Å². The van der Waals surface area contributed by atoms with Crippen LogP contribution in [0.5, 0.6) is 0 Å². The molecule has 0 spiro atoms. The number of benzene rings is 1. The molecule has 3 unspecified atom stereocenters. The van der Waals surface area contributed by atoms with Gasteiger partial charge in [-0.15, -0.1) is 0 Å². The minimum Gasteiger partial charge on any atom is -0.311 e. The second-order valence-electron chi connectivity index (χ2n) is 6.16. The largest absolute Gasteiger partial charge is 0.311 e.